The summed E-state index contributed by atoms with van der Waals surface area (Å²) >= 11 is 0. The molecule has 2 atom stereocenters. The molecule has 0 saturated heterocycles. The standard InChI is InChI=1S/C16H18F4N2O2/c17-13-7-2-1-6-12(13)15(24)21-9-14(23)22-11-5-3-4-10(8-11)16(18,19)20/h1-2,6-7,10-11H,3-5,8-9H2,(H,21,24)(H,22,23). The van der Waals surface area contributed by atoms with E-state index >= 15 is 0 Å². The average Bonchev–Trinajstić information content (AvgIpc) is 2.52. The Morgan fingerprint density at radius 2 is 1.88 bits per heavy atom. The minimum absolute atomic E-state index is 0.0693. The molecule has 0 radical (unpaired) electrons. The van der Waals surface area contributed by atoms with Crippen LogP contribution in [-0.4, -0.2) is 30.6 Å². The second-order valence-corrected chi connectivity index (χ2v) is 5.83. The summed E-state index contributed by atoms with van der Waals surface area (Å²) in [5, 5.41) is 4.75. The van der Waals surface area contributed by atoms with E-state index in [9.17, 15) is 27.2 Å². The predicted octanol–water partition coefficient (Wildman–Crippen LogP) is 2.79. The number of halogens is 4. The average molecular weight is 346 g/mol. The largest absolute Gasteiger partial charge is 0.391 e. The van der Waals surface area contributed by atoms with Gasteiger partial charge in [0, 0.05) is 6.04 Å². The molecule has 0 spiro atoms. The van der Waals surface area contributed by atoms with Gasteiger partial charge < -0.3 is 10.6 Å². The number of carbonyl (C=O) groups excluding carboxylic acids is 2. The van der Waals surface area contributed by atoms with Crippen molar-refractivity contribution < 1.29 is 27.2 Å². The molecule has 24 heavy (non-hydrogen) atoms. The van der Waals surface area contributed by atoms with Gasteiger partial charge in [0.25, 0.3) is 5.91 Å². The molecular formula is C16H18F4N2O2. The van der Waals surface area contributed by atoms with Crippen LogP contribution >= 0.6 is 0 Å². The van der Waals surface area contributed by atoms with Crippen molar-refractivity contribution in [1.82, 2.24) is 10.6 Å². The molecule has 2 rings (SSSR count). The lowest BCUT2D eigenvalue weighted by Crippen LogP contribution is -2.45. The zero-order valence-corrected chi connectivity index (χ0v) is 12.8. The molecular weight excluding hydrogens is 328 g/mol. The van der Waals surface area contributed by atoms with Gasteiger partial charge in [0.1, 0.15) is 5.82 Å². The Morgan fingerprint density at radius 3 is 2.54 bits per heavy atom. The number of amides is 2. The van der Waals surface area contributed by atoms with Crippen molar-refractivity contribution in [2.75, 3.05) is 6.54 Å². The molecule has 1 aromatic rings. The second-order valence-electron chi connectivity index (χ2n) is 5.83. The van der Waals surface area contributed by atoms with Crippen molar-refractivity contribution in [3.63, 3.8) is 0 Å². The molecule has 1 fully saturated rings. The van der Waals surface area contributed by atoms with Crippen molar-refractivity contribution in [3.8, 4) is 0 Å². The van der Waals surface area contributed by atoms with E-state index < -0.39 is 42.3 Å². The van der Waals surface area contributed by atoms with Crippen molar-refractivity contribution >= 4 is 11.8 Å². The predicted molar refractivity (Wildman–Crippen MR) is 78.7 cm³/mol. The highest BCUT2D eigenvalue weighted by molar-refractivity contribution is 5.96. The molecule has 1 aromatic carbocycles. The van der Waals surface area contributed by atoms with Gasteiger partial charge in [-0.25, -0.2) is 4.39 Å². The van der Waals surface area contributed by atoms with Gasteiger partial charge in [-0.15, -0.1) is 0 Å². The maximum Gasteiger partial charge on any atom is 0.391 e. The molecule has 0 bridgehead atoms. The first kappa shape index (κ1) is 18.2. The summed E-state index contributed by atoms with van der Waals surface area (Å²) in [5.41, 5.74) is -0.194. The third kappa shape index (κ3) is 4.94. The zero-order valence-electron chi connectivity index (χ0n) is 12.8. The van der Waals surface area contributed by atoms with E-state index in [-0.39, 0.29) is 18.4 Å². The van der Waals surface area contributed by atoms with Crippen LogP contribution in [0.15, 0.2) is 24.3 Å². The molecule has 2 amide bonds. The van der Waals surface area contributed by atoms with Gasteiger partial charge in [0.05, 0.1) is 18.0 Å². The smallest absolute Gasteiger partial charge is 0.352 e. The Balaban J connectivity index is 1.81. The molecule has 0 aromatic heterocycles. The minimum Gasteiger partial charge on any atom is -0.352 e. The van der Waals surface area contributed by atoms with Crippen LogP contribution in [0.1, 0.15) is 36.0 Å². The molecule has 0 aliphatic heterocycles. The summed E-state index contributed by atoms with van der Waals surface area (Å²) in [6.45, 7) is -0.416. The topological polar surface area (TPSA) is 58.2 Å². The van der Waals surface area contributed by atoms with E-state index in [1.165, 1.54) is 18.2 Å². The minimum atomic E-state index is -4.26. The first-order chi connectivity index (χ1) is 11.3. The molecule has 1 aliphatic carbocycles. The van der Waals surface area contributed by atoms with E-state index in [0.29, 0.717) is 12.8 Å². The van der Waals surface area contributed by atoms with E-state index in [2.05, 4.69) is 10.6 Å². The van der Waals surface area contributed by atoms with Crippen molar-refractivity contribution in [1.29, 1.82) is 0 Å². The van der Waals surface area contributed by atoms with Crippen molar-refractivity contribution in [2.45, 2.75) is 37.9 Å². The Morgan fingerprint density at radius 1 is 1.17 bits per heavy atom. The normalized spacial score (nSPS) is 21.2. The van der Waals surface area contributed by atoms with Crippen LogP contribution in [0.2, 0.25) is 0 Å². The lowest BCUT2D eigenvalue weighted by molar-refractivity contribution is -0.184. The molecule has 1 aliphatic rings. The first-order valence-corrected chi connectivity index (χ1v) is 7.66. The summed E-state index contributed by atoms with van der Waals surface area (Å²) in [4.78, 5) is 23.6. The maximum atomic E-state index is 13.4. The van der Waals surface area contributed by atoms with Crippen LogP contribution in [0.5, 0.6) is 0 Å². The Labute approximate surface area is 136 Å². The third-order valence-corrected chi connectivity index (χ3v) is 4.03. The fraction of sp³-hybridized carbons (Fsp3) is 0.500. The lowest BCUT2D eigenvalue weighted by atomic mass is 9.85. The van der Waals surface area contributed by atoms with Crippen LogP contribution in [0, 0.1) is 11.7 Å². The lowest BCUT2D eigenvalue weighted by Gasteiger charge is -2.31. The van der Waals surface area contributed by atoms with Gasteiger partial charge in [-0.3, -0.25) is 9.59 Å². The Hall–Kier alpha value is -2.12. The summed E-state index contributed by atoms with van der Waals surface area (Å²) < 4.78 is 51.6. The summed E-state index contributed by atoms with van der Waals surface area (Å²) in [7, 11) is 0. The number of hydrogen-bond donors (Lipinski definition) is 2. The maximum absolute atomic E-state index is 13.4. The molecule has 1 saturated carbocycles. The first-order valence-electron chi connectivity index (χ1n) is 7.66. The van der Waals surface area contributed by atoms with Gasteiger partial charge in [0.15, 0.2) is 0 Å². The molecule has 132 valence electrons. The SMILES string of the molecule is O=C(CNC(=O)c1ccccc1F)NC1CCCC(C(F)(F)F)C1. The fourth-order valence-electron chi connectivity index (χ4n) is 2.80. The van der Waals surface area contributed by atoms with Gasteiger partial charge in [-0.05, 0) is 31.4 Å². The second kappa shape index (κ2) is 7.63. The number of rotatable bonds is 4. The fourth-order valence-corrected chi connectivity index (χ4v) is 2.80. The highest BCUT2D eigenvalue weighted by Crippen LogP contribution is 2.37. The van der Waals surface area contributed by atoms with Gasteiger partial charge in [-0.1, -0.05) is 18.6 Å². The van der Waals surface area contributed by atoms with Crippen molar-refractivity contribution in [3.05, 3.63) is 35.6 Å². The number of alkyl halides is 3. The summed E-state index contributed by atoms with van der Waals surface area (Å²) in [6, 6.07) is 4.74. The number of nitrogens with one attached hydrogen (secondary N) is 2. The van der Waals surface area contributed by atoms with E-state index in [0.717, 1.165) is 6.07 Å². The molecule has 4 nitrogen and oxygen atoms in total. The van der Waals surface area contributed by atoms with Gasteiger partial charge >= 0.3 is 6.18 Å². The summed E-state index contributed by atoms with van der Waals surface area (Å²) in [5.74, 6) is -3.46. The monoisotopic (exact) mass is 346 g/mol. The van der Waals surface area contributed by atoms with Gasteiger partial charge in [0.2, 0.25) is 5.91 Å². The number of carbonyl (C=O) groups is 2. The van der Waals surface area contributed by atoms with Crippen LogP contribution in [0.25, 0.3) is 0 Å². The van der Waals surface area contributed by atoms with E-state index in [1.54, 1.807) is 0 Å². The zero-order chi connectivity index (χ0) is 17.7. The highest BCUT2D eigenvalue weighted by atomic mass is 19.4. The third-order valence-electron chi connectivity index (χ3n) is 4.03. The molecule has 8 heteroatoms. The quantitative estimate of drug-likeness (QED) is 0.824. The van der Waals surface area contributed by atoms with Crippen LogP contribution in [0.4, 0.5) is 17.6 Å². The number of benzene rings is 1. The highest BCUT2D eigenvalue weighted by Gasteiger charge is 2.42. The van der Waals surface area contributed by atoms with E-state index in [4.69, 9.17) is 0 Å². The van der Waals surface area contributed by atoms with Crippen LogP contribution < -0.4 is 10.6 Å². The molecule has 2 N–H and O–H groups in total. The Kier molecular flexibility index (Phi) is 5.80. The molecule has 2 unspecified atom stereocenters. The van der Waals surface area contributed by atoms with Crippen LogP contribution in [-0.2, 0) is 4.79 Å². The van der Waals surface area contributed by atoms with E-state index in [1.807, 2.05) is 0 Å². The Bertz CT molecular complexity index is 604. The molecule has 0 heterocycles. The van der Waals surface area contributed by atoms with Gasteiger partial charge in [-0.2, -0.15) is 13.2 Å². The number of hydrogen-bond acceptors (Lipinski definition) is 2. The summed E-state index contributed by atoms with van der Waals surface area (Å²) in [6.07, 6.45) is -3.49. The van der Waals surface area contributed by atoms with Crippen molar-refractivity contribution in [2.24, 2.45) is 5.92 Å². The van der Waals surface area contributed by atoms with Crippen LogP contribution in [0.3, 0.4) is 0 Å².